The molecule has 0 unspecified atom stereocenters. The van der Waals surface area contributed by atoms with E-state index in [1.165, 1.54) is 24.0 Å². The first kappa shape index (κ1) is 17.6. The molecule has 2 N–H and O–H groups in total. The highest BCUT2D eigenvalue weighted by atomic mass is 35.5. The van der Waals surface area contributed by atoms with Crippen LogP contribution in [0.15, 0.2) is 59.6 Å². The number of hydrogen-bond acceptors (Lipinski definition) is 3. The third kappa shape index (κ3) is 3.79. The van der Waals surface area contributed by atoms with Crippen molar-refractivity contribution in [3.63, 3.8) is 0 Å². The van der Waals surface area contributed by atoms with Crippen LogP contribution in [0.5, 0.6) is 0 Å². The number of aliphatic imine (C=N–C) groups is 1. The monoisotopic (exact) mass is 367 g/mol. The van der Waals surface area contributed by atoms with Crippen molar-refractivity contribution in [3.05, 3.63) is 70.7 Å². The molecular weight excluding hydrogens is 342 g/mol. The fraction of sp³-hybridized carbons (Fsp3) is 0.409. The van der Waals surface area contributed by atoms with Gasteiger partial charge in [0.1, 0.15) is 5.84 Å². The number of nitrogens with zero attached hydrogens (tertiary/aromatic N) is 1. The van der Waals surface area contributed by atoms with Crippen LogP contribution in [0.2, 0.25) is 5.02 Å². The van der Waals surface area contributed by atoms with Gasteiger partial charge in [0.2, 0.25) is 0 Å². The molecule has 26 heavy (non-hydrogen) atoms. The second-order valence-corrected chi connectivity index (χ2v) is 7.84. The molecule has 2 aromatic rings. The summed E-state index contributed by atoms with van der Waals surface area (Å²) in [4.78, 5) is 4.85. The molecule has 2 aromatic carbocycles. The molecule has 0 aromatic heterocycles. The Balaban J connectivity index is 1.42. The molecule has 1 saturated carbocycles. The summed E-state index contributed by atoms with van der Waals surface area (Å²) in [7, 11) is 0. The largest absolute Gasteiger partial charge is 0.368 e. The highest BCUT2D eigenvalue weighted by Gasteiger charge is 2.41. The van der Waals surface area contributed by atoms with Crippen molar-refractivity contribution in [2.24, 2.45) is 4.99 Å². The molecule has 4 rings (SSSR count). The van der Waals surface area contributed by atoms with Crippen LogP contribution in [-0.4, -0.2) is 24.5 Å². The maximum atomic E-state index is 5.99. The highest BCUT2D eigenvalue weighted by Crippen LogP contribution is 2.39. The maximum Gasteiger partial charge on any atom is 0.117 e. The van der Waals surface area contributed by atoms with Gasteiger partial charge in [-0.25, -0.2) is 0 Å². The topological polar surface area (TPSA) is 36.4 Å². The minimum Gasteiger partial charge on any atom is -0.368 e. The molecule has 0 radical (unpaired) electrons. The lowest BCUT2D eigenvalue weighted by Gasteiger charge is -2.44. The Labute approximate surface area is 160 Å². The number of rotatable bonds is 3. The van der Waals surface area contributed by atoms with Crippen molar-refractivity contribution >= 4 is 17.4 Å². The van der Waals surface area contributed by atoms with E-state index in [0.717, 1.165) is 43.3 Å². The van der Waals surface area contributed by atoms with Crippen LogP contribution < -0.4 is 10.6 Å². The van der Waals surface area contributed by atoms with Crippen LogP contribution >= 0.6 is 11.6 Å². The summed E-state index contributed by atoms with van der Waals surface area (Å²) in [5, 5.41) is 8.18. The van der Waals surface area contributed by atoms with E-state index in [9.17, 15) is 0 Å². The number of hydrogen-bond donors (Lipinski definition) is 2. The molecule has 1 fully saturated rings. The van der Waals surface area contributed by atoms with E-state index < -0.39 is 0 Å². The normalized spacial score (nSPS) is 25.7. The van der Waals surface area contributed by atoms with Crippen LogP contribution in [0.4, 0.5) is 0 Å². The van der Waals surface area contributed by atoms with Crippen LogP contribution in [0, 0.1) is 0 Å². The third-order valence-electron chi connectivity index (χ3n) is 5.78. The fourth-order valence-electron chi connectivity index (χ4n) is 4.29. The first-order chi connectivity index (χ1) is 12.8. The van der Waals surface area contributed by atoms with Gasteiger partial charge in [-0.2, -0.15) is 0 Å². The summed E-state index contributed by atoms with van der Waals surface area (Å²) < 4.78 is 0. The molecule has 1 aliphatic carbocycles. The Morgan fingerprint density at radius 1 is 1.04 bits per heavy atom. The highest BCUT2D eigenvalue weighted by molar-refractivity contribution is 6.30. The molecule has 0 saturated heterocycles. The molecule has 1 aliphatic heterocycles. The van der Waals surface area contributed by atoms with E-state index in [1.807, 2.05) is 12.1 Å². The SMILES string of the molecule is Clc1ccc(CNC2=NCCNC23CCC(c2ccccc2)CC3)cc1. The van der Waals surface area contributed by atoms with Gasteiger partial charge in [-0.3, -0.25) is 4.99 Å². The molecule has 3 nitrogen and oxygen atoms in total. The molecule has 4 heteroatoms. The molecule has 136 valence electrons. The molecule has 1 heterocycles. The van der Waals surface area contributed by atoms with Crippen molar-refractivity contribution in [3.8, 4) is 0 Å². The summed E-state index contributed by atoms with van der Waals surface area (Å²) in [5.74, 6) is 1.81. The quantitative estimate of drug-likeness (QED) is 0.836. The summed E-state index contributed by atoms with van der Waals surface area (Å²) in [6.07, 6.45) is 4.69. The zero-order valence-corrected chi connectivity index (χ0v) is 15.8. The summed E-state index contributed by atoms with van der Waals surface area (Å²) >= 11 is 5.99. The van der Waals surface area contributed by atoms with Crippen molar-refractivity contribution in [1.29, 1.82) is 0 Å². The number of nitrogens with one attached hydrogen (secondary N) is 2. The van der Waals surface area contributed by atoms with Crippen LogP contribution in [0.25, 0.3) is 0 Å². The number of amidine groups is 1. The molecule has 0 bridgehead atoms. The Bertz CT molecular complexity index is 747. The lowest BCUT2D eigenvalue weighted by molar-refractivity contribution is 0.276. The number of benzene rings is 2. The Morgan fingerprint density at radius 2 is 1.77 bits per heavy atom. The Morgan fingerprint density at radius 3 is 2.50 bits per heavy atom. The summed E-state index contributed by atoms with van der Waals surface area (Å²) in [6.45, 7) is 2.62. The van der Waals surface area contributed by atoms with E-state index >= 15 is 0 Å². The maximum absolute atomic E-state index is 5.99. The van der Waals surface area contributed by atoms with Crippen LogP contribution in [-0.2, 0) is 6.54 Å². The predicted molar refractivity (Wildman–Crippen MR) is 109 cm³/mol. The van der Waals surface area contributed by atoms with Crippen LogP contribution in [0.1, 0.15) is 42.7 Å². The van der Waals surface area contributed by atoms with Gasteiger partial charge in [-0.15, -0.1) is 0 Å². The lowest BCUT2D eigenvalue weighted by Crippen LogP contribution is -2.61. The first-order valence-electron chi connectivity index (χ1n) is 9.58. The van der Waals surface area contributed by atoms with Gasteiger partial charge in [0.15, 0.2) is 0 Å². The van der Waals surface area contributed by atoms with Gasteiger partial charge >= 0.3 is 0 Å². The van der Waals surface area contributed by atoms with Gasteiger partial charge in [-0.1, -0.05) is 54.1 Å². The van der Waals surface area contributed by atoms with Crippen molar-refractivity contribution in [1.82, 2.24) is 10.6 Å². The lowest BCUT2D eigenvalue weighted by atomic mass is 9.73. The average molecular weight is 368 g/mol. The summed E-state index contributed by atoms with van der Waals surface area (Å²) in [6, 6.07) is 19.0. The molecule has 0 amide bonds. The second kappa shape index (κ2) is 7.81. The minimum atomic E-state index is 0.0238. The predicted octanol–water partition coefficient (Wildman–Crippen LogP) is 4.53. The van der Waals surface area contributed by atoms with Gasteiger partial charge < -0.3 is 10.6 Å². The molecule has 2 aliphatic rings. The van der Waals surface area contributed by atoms with Crippen molar-refractivity contribution in [2.45, 2.75) is 43.7 Å². The average Bonchev–Trinajstić information content (AvgIpc) is 2.70. The van der Waals surface area contributed by atoms with Crippen molar-refractivity contribution < 1.29 is 0 Å². The smallest absolute Gasteiger partial charge is 0.117 e. The molecular formula is C22H26ClN3. The van der Waals surface area contributed by atoms with Crippen LogP contribution in [0.3, 0.4) is 0 Å². The Kier molecular flexibility index (Phi) is 5.28. The van der Waals surface area contributed by atoms with Gasteiger partial charge in [0.25, 0.3) is 0 Å². The molecule has 1 spiro atoms. The number of halogens is 1. The van der Waals surface area contributed by atoms with Crippen molar-refractivity contribution in [2.75, 3.05) is 13.1 Å². The van der Waals surface area contributed by atoms with E-state index in [2.05, 4.69) is 53.1 Å². The second-order valence-electron chi connectivity index (χ2n) is 7.40. The van der Waals surface area contributed by atoms with E-state index in [-0.39, 0.29) is 5.54 Å². The zero-order chi connectivity index (χ0) is 17.8. The van der Waals surface area contributed by atoms with E-state index in [1.54, 1.807) is 0 Å². The minimum absolute atomic E-state index is 0.0238. The zero-order valence-electron chi connectivity index (χ0n) is 15.0. The van der Waals surface area contributed by atoms with Gasteiger partial charge in [-0.05, 0) is 54.9 Å². The Hall–Kier alpha value is -1.84. The fourth-order valence-corrected chi connectivity index (χ4v) is 4.42. The standard InChI is InChI=1S/C22H26ClN3/c23-20-8-6-17(7-9-20)16-25-21-22(26-15-14-24-21)12-10-19(11-13-22)18-4-2-1-3-5-18/h1-9,19,26H,10-16H2,(H,24,25). The third-order valence-corrected chi connectivity index (χ3v) is 6.03. The van der Waals surface area contributed by atoms with Gasteiger partial charge in [0, 0.05) is 18.1 Å². The molecule has 0 atom stereocenters. The van der Waals surface area contributed by atoms with E-state index in [0.29, 0.717) is 5.92 Å². The van der Waals surface area contributed by atoms with Gasteiger partial charge in [0.05, 0.1) is 12.1 Å². The van der Waals surface area contributed by atoms with E-state index in [4.69, 9.17) is 16.6 Å². The first-order valence-corrected chi connectivity index (χ1v) is 9.96. The summed E-state index contributed by atoms with van der Waals surface area (Å²) in [5.41, 5.74) is 2.73.